The monoisotopic (exact) mass is 199 g/mol. The van der Waals surface area contributed by atoms with Crippen molar-refractivity contribution < 1.29 is 23.1 Å². The summed E-state index contributed by atoms with van der Waals surface area (Å²) < 4.78 is 34.8. The van der Waals surface area contributed by atoms with Gasteiger partial charge in [0.1, 0.15) is 0 Å². The molecule has 0 aromatic rings. The quantitative estimate of drug-likeness (QED) is 0.704. The zero-order chi connectivity index (χ0) is 10.5. The number of halogens is 3. The number of amides is 1. The molecule has 0 saturated heterocycles. The molecule has 1 atom stereocenters. The number of aliphatic hydroxyl groups is 1. The van der Waals surface area contributed by atoms with E-state index >= 15 is 0 Å². The van der Waals surface area contributed by atoms with Crippen molar-refractivity contribution in [1.82, 2.24) is 5.32 Å². The van der Waals surface area contributed by atoms with Gasteiger partial charge in [-0.05, 0) is 6.92 Å². The van der Waals surface area contributed by atoms with E-state index in [2.05, 4.69) is 5.32 Å². The van der Waals surface area contributed by atoms with Crippen LogP contribution in [0.25, 0.3) is 0 Å². The SMILES string of the molecule is C[C@@H](CO)NC(=O)CCC(F)(F)F. The fraction of sp³-hybridized carbons (Fsp3) is 0.857. The topological polar surface area (TPSA) is 49.3 Å². The predicted molar refractivity (Wildman–Crippen MR) is 40.0 cm³/mol. The first kappa shape index (κ1) is 12.2. The molecule has 0 fully saturated rings. The largest absolute Gasteiger partial charge is 0.394 e. The molecule has 0 spiro atoms. The van der Waals surface area contributed by atoms with Gasteiger partial charge in [0.2, 0.25) is 5.91 Å². The van der Waals surface area contributed by atoms with Gasteiger partial charge in [-0.1, -0.05) is 0 Å². The van der Waals surface area contributed by atoms with Crippen LogP contribution in [0.15, 0.2) is 0 Å². The predicted octanol–water partition coefficient (Wildman–Crippen LogP) is 0.826. The number of nitrogens with one attached hydrogen (secondary N) is 1. The smallest absolute Gasteiger partial charge is 0.389 e. The van der Waals surface area contributed by atoms with Crippen LogP contribution in [-0.2, 0) is 4.79 Å². The summed E-state index contributed by atoms with van der Waals surface area (Å²) in [6.07, 6.45) is -6.02. The van der Waals surface area contributed by atoms with Gasteiger partial charge < -0.3 is 10.4 Å². The molecule has 13 heavy (non-hydrogen) atoms. The normalized spacial score (nSPS) is 13.9. The van der Waals surface area contributed by atoms with Crippen molar-refractivity contribution in [3.8, 4) is 0 Å². The zero-order valence-electron chi connectivity index (χ0n) is 7.19. The van der Waals surface area contributed by atoms with E-state index in [-0.39, 0.29) is 6.61 Å². The van der Waals surface area contributed by atoms with Crippen LogP contribution in [-0.4, -0.2) is 29.8 Å². The molecule has 6 heteroatoms. The van der Waals surface area contributed by atoms with E-state index < -0.39 is 31.0 Å². The number of hydrogen-bond acceptors (Lipinski definition) is 2. The Hall–Kier alpha value is -0.780. The average molecular weight is 199 g/mol. The molecule has 0 aromatic carbocycles. The van der Waals surface area contributed by atoms with Crippen LogP contribution in [0.5, 0.6) is 0 Å². The molecule has 0 rings (SSSR count). The van der Waals surface area contributed by atoms with E-state index in [4.69, 9.17) is 5.11 Å². The van der Waals surface area contributed by atoms with Crippen LogP contribution in [0.2, 0.25) is 0 Å². The minimum absolute atomic E-state index is 0.280. The lowest BCUT2D eigenvalue weighted by molar-refractivity contribution is -0.144. The van der Waals surface area contributed by atoms with Crippen molar-refractivity contribution in [3.63, 3.8) is 0 Å². The molecule has 1 amide bonds. The Kier molecular flexibility index (Phi) is 4.76. The fourth-order valence-electron chi connectivity index (χ4n) is 0.648. The summed E-state index contributed by atoms with van der Waals surface area (Å²) >= 11 is 0. The number of carbonyl (C=O) groups is 1. The molecule has 0 aromatic heterocycles. The van der Waals surface area contributed by atoms with Gasteiger partial charge in [-0.3, -0.25) is 4.79 Å². The first-order valence-electron chi connectivity index (χ1n) is 3.82. The van der Waals surface area contributed by atoms with Gasteiger partial charge in [-0.15, -0.1) is 0 Å². The molecule has 3 nitrogen and oxygen atoms in total. The van der Waals surface area contributed by atoms with Crippen molar-refractivity contribution in [1.29, 1.82) is 0 Å². The van der Waals surface area contributed by atoms with Crippen LogP contribution in [0.3, 0.4) is 0 Å². The molecule has 0 saturated carbocycles. The number of alkyl halides is 3. The Bertz CT molecular complexity index is 170. The average Bonchev–Trinajstić information content (AvgIpc) is 1.99. The summed E-state index contributed by atoms with van der Waals surface area (Å²) in [5.74, 6) is -0.695. The van der Waals surface area contributed by atoms with Gasteiger partial charge in [-0.25, -0.2) is 0 Å². The Balaban J connectivity index is 3.64. The minimum Gasteiger partial charge on any atom is -0.394 e. The molecular weight excluding hydrogens is 187 g/mol. The maximum atomic E-state index is 11.6. The van der Waals surface area contributed by atoms with Crippen molar-refractivity contribution in [2.45, 2.75) is 32.0 Å². The molecule has 0 aliphatic carbocycles. The van der Waals surface area contributed by atoms with E-state index in [1.807, 2.05) is 0 Å². The van der Waals surface area contributed by atoms with E-state index in [0.29, 0.717) is 0 Å². The van der Waals surface area contributed by atoms with Crippen molar-refractivity contribution >= 4 is 5.91 Å². The number of hydrogen-bond donors (Lipinski definition) is 2. The third kappa shape index (κ3) is 7.58. The van der Waals surface area contributed by atoms with Gasteiger partial charge in [0.25, 0.3) is 0 Å². The lowest BCUT2D eigenvalue weighted by atomic mass is 10.2. The number of carbonyl (C=O) groups excluding carboxylic acids is 1. The summed E-state index contributed by atoms with van der Waals surface area (Å²) in [6.45, 7) is 1.23. The fourth-order valence-corrected chi connectivity index (χ4v) is 0.648. The van der Waals surface area contributed by atoms with Crippen LogP contribution >= 0.6 is 0 Å². The second-order valence-corrected chi connectivity index (χ2v) is 2.77. The molecule has 0 unspecified atom stereocenters. The summed E-state index contributed by atoms with van der Waals surface area (Å²) in [5.41, 5.74) is 0. The van der Waals surface area contributed by atoms with Crippen LogP contribution in [0.1, 0.15) is 19.8 Å². The molecule has 0 aliphatic heterocycles. The highest BCUT2D eigenvalue weighted by Crippen LogP contribution is 2.20. The lowest BCUT2D eigenvalue weighted by Gasteiger charge is -2.11. The standard InChI is InChI=1S/C7H12F3NO2/c1-5(4-12)11-6(13)2-3-7(8,9)10/h5,12H,2-4H2,1H3,(H,11,13)/t5-/m0/s1. The van der Waals surface area contributed by atoms with Crippen molar-refractivity contribution in [3.05, 3.63) is 0 Å². The Labute approximate surface area is 73.9 Å². The van der Waals surface area contributed by atoms with Gasteiger partial charge >= 0.3 is 6.18 Å². The Morgan fingerprint density at radius 2 is 2.08 bits per heavy atom. The highest BCUT2D eigenvalue weighted by molar-refractivity contribution is 5.76. The third-order valence-corrected chi connectivity index (χ3v) is 1.32. The van der Waals surface area contributed by atoms with E-state index in [0.717, 1.165) is 0 Å². The maximum absolute atomic E-state index is 11.6. The first-order valence-corrected chi connectivity index (χ1v) is 3.82. The molecule has 0 heterocycles. The van der Waals surface area contributed by atoms with Gasteiger partial charge in [0.05, 0.1) is 13.0 Å². The first-order chi connectivity index (χ1) is 5.85. The van der Waals surface area contributed by atoms with E-state index in [9.17, 15) is 18.0 Å². The highest BCUT2D eigenvalue weighted by Gasteiger charge is 2.27. The molecule has 0 aliphatic rings. The van der Waals surface area contributed by atoms with Crippen LogP contribution < -0.4 is 5.32 Å². The van der Waals surface area contributed by atoms with Gasteiger partial charge in [0, 0.05) is 12.5 Å². The van der Waals surface area contributed by atoms with Crippen LogP contribution in [0.4, 0.5) is 13.2 Å². The van der Waals surface area contributed by atoms with Crippen molar-refractivity contribution in [2.24, 2.45) is 0 Å². The third-order valence-electron chi connectivity index (χ3n) is 1.32. The zero-order valence-corrected chi connectivity index (χ0v) is 7.19. The van der Waals surface area contributed by atoms with Crippen molar-refractivity contribution in [2.75, 3.05) is 6.61 Å². The van der Waals surface area contributed by atoms with Crippen LogP contribution in [0, 0.1) is 0 Å². The number of aliphatic hydroxyl groups excluding tert-OH is 1. The lowest BCUT2D eigenvalue weighted by Crippen LogP contribution is -2.35. The highest BCUT2D eigenvalue weighted by atomic mass is 19.4. The van der Waals surface area contributed by atoms with E-state index in [1.165, 1.54) is 6.92 Å². The Morgan fingerprint density at radius 1 is 1.54 bits per heavy atom. The maximum Gasteiger partial charge on any atom is 0.389 e. The molecule has 2 N–H and O–H groups in total. The summed E-state index contributed by atoms with van der Waals surface area (Å²) in [5, 5.41) is 10.7. The number of rotatable bonds is 4. The molecular formula is C7H12F3NO2. The van der Waals surface area contributed by atoms with E-state index in [1.54, 1.807) is 0 Å². The molecule has 0 radical (unpaired) electrons. The second kappa shape index (κ2) is 5.06. The summed E-state index contributed by atoms with van der Waals surface area (Å²) in [6, 6.07) is -0.499. The minimum atomic E-state index is -4.31. The van der Waals surface area contributed by atoms with Gasteiger partial charge in [0.15, 0.2) is 0 Å². The second-order valence-electron chi connectivity index (χ2n) is 2.77. The Morgan fingerprint density at radius 3 is 2.46 bits per heavy atom. The molecule has 0 bridgehead atoms. The van der Waals surface area contributed by atoms with Gasteiger partial charge in [-0.2, -0.15) is 13.2 Å². The summed E-state index contributed by atoms with van der Waals surface area (Å²) in [4.78, 5) is 10.7. The molecule has 78 valence electrons. The summed E-state index contributed by atoms with van der Waals surface area (Å²) in [7, 11) is 0.